The number of halogens is 1. The number of hydrogen-bond donors (Lipinski definition) is 1. The molecule has 210 valence electrons. The summed E-state index contributed by atoms with van der Waals surface area (Å²) in [6.45, 7) is 7.98. The van der Waals surface area contributed by atoms with Gasteiger partial charge in [0.25, 0.3) is 0 Å². The van der Waals surface area contributed by atoms with Gasteiger partial charge in [-0.2, -0.15) is 0 Å². The standard InChI is InChI=1S/C12H18O5.C9H16O5.C3H3Cl.CH4.Na.H/c1-5-6-14-7-8-9-10(11(13-4)15-8)17-12(2,3)16-9;1-9(2)13-6-5(4-10)12-8(11-3)7(6)14-9;1-2-3-4;;;/h1,8-11H,6-7H2,2-4H3;5-8,10H,4H2,1-3H3;1H,3H2;1H4;;/q;;;;+1;-1/t8?,9-,10-,11-;5?,6-,7-,8-;;;;/m11..../s1. The minimum Gasteiger partial charge on any atom is -1.00 e. The van der Waals surface area contributed by atoms with Crippen LogP contribution in [0.2, 0.25) is 0 Å². The second-order valence-electron chi connectivity index (χ2n) is 8.93. The Labute approximate surface area is 250 Å². The fourth-order valence-corrected chi connectivity index (χ4v) is 4.18. The van der Waals surface area contributed by atoms with Crippen molar-refractivity contribution in [2.24, 2.45) is 0 Å². The molecule has 0 aromatic carbocycles. The number of methoxy groups -OCH3 is 2. The average molecular weight is 561 g/mol. The second-order valence-corrected chi connectivity index (χ2v) is 9.19. The summed E-state index contributed by atoms with van der Waals surface area (Å²) in [7, 11) is 3.14. The summed E-state index contributed by atoms with van der Waals surface area (Å²) in [5.41, 5.74) is 0. The van der Waals surface area contributed by atoms with Crippen LogP contribution in [0.15, 0.2) is 0 Å². The molecule has 4 fully saturated rings. The van der Waals surface area contributed by atoms with Crippen LogP contribution in [0.3, 0.4) is 0 Å². The van der Waals surface area contributed by atoms with Crippen molar-refractivity contribution >= 4 is 11.6 Å². The van der Waals surface area contributed by atoms with E-state index in [1.807, 2.05) is 27.7 Å². The van der Waals surface area contributed by atoms with Crippen LogP contribution in [0.5, 0.6) is 0 Å². The maximum absolute atomic E-state index is 9.08. The Bertz CT molecular complexity index is 727. The van der Waals surface area contributed by atoms with Crippen LogP contribution < -0.4 is 29.6 Å². The molecule has 10 nitrogen and oxygen atoms in total. The van der Waals surface area contributed by atoms with Crippen LogP contribution >= 0.6 is 11.6 Å². The van der Waals surface area contributed by atoms with Gasteiger partial charge >= 0.3 is 29.6 Å². The molecule has 12 heteroatoms. The van der Waals surface area contributed by atoms with Crippen molar-refractivity contribution in [1.82, 2.24) is 0 Å². The molecule has 4 saturated heterocycles. The van der Waals surface area contributed by atoms with Crippen molar-refractivity contribution in [3.05, 3.63) is 0 Å². The van der Waals surface area contributed by atoms with Crippen molar-refractivity contribution in [3.63, 3.8) is 0 Å². The van der Waals surface area contributed by atoms with Crippen molar-refractivity contribution < 1.29 is 78.7 Å². The van der Waals surface area contributed by atoms with Crippen molar-refractivity contribution in [1.29, 1.82) is 0 Å². The van der Waals surface area contributed by atoms with E-state index in [2.05, 4.69) is 18.3 Å². The minimum absolute atomic E-state index is 0. The van der Waals surface area contributed by atoms with E-state index in [4.69, 9.17) is 65.8 Å². The Morgan fingerprint density at radius 1 is 0.838 bits per heavy atom. The third-order valence-electron chi connectivity index (χ3n) is 5.40. The number of aliphatic hydroxyl groups is 1. The molecule has 0 radical (unpaired) electrons. The SMILES string of the molecule is C.C#CCCl.C#CCOCC1O[C@@H](OC)[C@@H]2OC(C)(C)O[C@H]12.CO[C@@H]1OC(CO)[C@H]2OC(C)(C)O[C@@H]12.[H-].[Na+]. The van der Waals surface area contributed by atoms with Gasteiger partial charge in [0.2, 0.25) is 0 Å². The van der Waals surface area contributed by atoms with E-state index in [9.17, 15) is 0 Å². The summed E-state index contributed by atoms with van der Waals surface area (Å²) >= 11 is 4.95. The van der Waals surface area contributed by atoms with Crippen molar-refractivity contribution in [2.45, 2.75) is 95.9 Å². The number of terminal acetylenes is 2. The number of hydrogen-bond acceptors (Lipinski definition) is 10. The molecule has 0 amide bonds. The number of rotatable bonds is 6. The summed E-state index contributed by atoms with van der Waals surface area (Å²) in [6, 6.07) is 0. The molecular formula is C25H42ClNaO10. The van der Waals surface area contributed by atoms with Crippen molar-refractivity contribution in [3.8, 4) is 24.7 Å². The maximum Gasteiger partial charge on any atom is 1.00 e. The molecule has 37 heavy (non-hydrogen) atoms. The summed E-state index contributed by atoms with van der Waals surface area (Å²) in [5.74, 6) is 3.69. The zero-order valence-corrected chi connectivity index (χ0v) is 24.9. The topological polar surface area (TPSA) is 103 Å². The largest absolute Gasteiger partial charge is 1.00 e. The van der Waals surface area contributed by atoms with E-state index in [0.717, 1.165) is 0 Å². The van der Waals surface area contributed by atoms with E-state index >= 15 is 0 Å². The molecular weight excluding hydrogens is 519 g/mol. The van der Waals surface area contributed by atoms with Crippen LogP contribution in [-0.2, 0) is 42.6 Å². The molecule has 0 aliphatic carbocycles. The number of fused-ring (bicyclic) bond motifs is 2. The van der Waals surface area contributed by atoms with Crippen LogP contribution in [0.25, 0.3) is 0 Å². The van der Waals surface area contributed by atoms with Gasteiger partial charge < -0.3 is 49.2 Å². The quantitative estimate of drug-likeness (QED) is 0.188. The Morgan fingerprint density at radius 3 is 1.62 bits per heavy atom. The average Bonchev–Trinajstić information content (AvgIpc) is 3.50. The predicted molar refractivity (Wildman–Crippen MR) is 133 cm³/mol. The van der Waals surface area contributed by atoms with E-state index < -0.39 is 24.2 Å². The predicted octanol–water partition coefficient (Wildman–Crippen LogP) is -0.991. The van der Waals surface area contributed by atoms with Crippen LogP contribution in [-0.4, -0.2) is 106 Å². The number of alkyl halides is 1. The Kier molecular flexibility index (Phi) is 17.0. The maximum atomic E-state index is 9.08. The number of aliphatic hydroxyl groups excluding tert-OH is 1. The van der Waals surface area contributed by atoms with Gasteiger partial charge in [0.05, 0.1) is 19.1 Å². The Hall–Kier alpha value is 0.01000. The molecule has 4 aliphatic heterocycles. The van der Waals surface area contributed by atoms with E-state index in [1.54, 1.807) is 14.2 Å². The molecule has 4 aliphatic rings. The molecule has 8 atom stereocenters. The molecule has 0 saturated carbocycles. The van der Waals surface area contributed by atoms with Crippen LogP contribution in [0, 0.1) is 24.7 Å². The Morgan fingerprint density at radius 2 is 1.24 bits per heavy atom. The summed E-state index contributed by atoms with van der Waals surface area (Å²) in [6.07, 6.45) is 7.48. The second kappa shape index (κ2) is 17.0. The first kappa shape index (κ1) is 37.0. The minimum atomic E-state index is -0.622. The third-order valence-corrected chi connectivity index (χ3v) is 5.56. The first-order valence-corrected chi connectivity index (χ1v) is 11.8. The zero-order chi connectivity index (χ0) is 26.2. The molecule has 1 N–H and O–H groups in total. The van der Waals surface area contributed by atoms with E-state index in [-0.39, 0.29) is 88.2 Å². The molecule has 4 heterocycles. The normalized spacial score (nSPS) is 35.6. The van der Waals surface area contributed by atoms with Gasteiger partial charge in [-0.1, -0.05) is 19.3 Å². The molecule has 0 aromatic rings. The van der Waals surface area contributed by atoms with Gasteiger partial charge in [-0.25, -0.2) is 0 Å². The molecule has 0 bridgehead atoms. The molecule has 0 aromatic heterocycles. The van der Waals surface area contributed by atoms with Gasteiger partial charge in [-0.05, 0) is 27.7 Å². The zero-order valence-electron chi connectivity index (χ0n) is 23.1. The smallest absolute Gasteiger partial charge is 1.00 e. The first-order valence-electron chi connectivity index (χ1n) is 11.3. The van der Waals surface area contributed by atoms with E-state index in [1.165, 1.54) is 0 Å². The van der Waals surface area contributed by atoms with Gasteiger partial charge in [0.15, 0.2) is 24.2 Å². The fourth-order valence-electron chi connectivity index (χ4n) is 4.18. The van der Waals surface area contributed by atoms with Gasteiger partial charge in [-0.3, -0.25) is 0 Å². The van der Waals surface area contributed by atoms with Crippen molar-refractivity contribution in [2.75, 3.05) is 39.9 Å². The number of ether oxygens (including phenoxy) is 9. The summed E-state index contributed by atoms with van der Waals surface area (Å²) in [4.78, 5) is 0. The molecule has 4 rings (SSSR count). The Balaban J connectivity index is 0. The summed E-state index contributed by atoms with van der Waals surface area (Å²) in [5, 5.41) is 9.08. The fraction of sp³-hybridized carbons (Fsp3) is 0.840. The van der Waals surface area contributed by atoms with Gasteiger partial charge in [0, 0.05) is 14.2 Å². The third kappa shape index (κ3) is 10.2. The molecule has 0 spiro atoms. The van der Waals surface area contributed by atoms with Crippen LogP contribution in [0.4, 0.5) is 0 Å². The first-order chi connectivity index (χ1) is 16.6. The summed E-state index contributed by atoms with van der Waals surface area (Å²) < 4.78 is 49.5. The van der Waals surface area contributed by atoms with Gasteiger partial charge in [-0.15, -0.1) is 24.4 Å². The van der Waals surface area contributed by atoms with Gasteiger partial charge in [0.1, 0.15) is 43.2 Å². The van der Waals surface area contributed by atoms with E-state index in [0.29, 0.717) is 12.5 Å². The monoisotopic (exact) mass is 560 g/mol. The molecule has 2 unspecified atom stereocenters. The van der Waals surface area contributed by atoms with Crippen LogP contribution in [0.1, 0.15) is 36.5 Å².